The summed E-state index contributed by atoms with van der Waals surface area (Å²) in [6.45, 7) is 1.51. The van der Waals surface area contributed by atoms with Crippen LogP contribution in [0.4, 0.5) is 0 Å². The number of halogens is 1. The van der Waals surface area contributed by atoms with E-state index < -0.39 is 0 Å². The Bertz CT molecular complexity index is 396. The fourth-order valence-corrected chi connectivity index (χ4v) is 1.70. The number of nitrogens with one attached hydrogen (secondary N) is 1. The minimum Gasteiger partial charge on any atom is -0.492 e. The van der Waals surface area contributed by atoms with E-state index in [4.69, 9.17) is 16.3 Å². The van der Waals surface area contributed by atoms with Gasteiger partial charge in [0.25, 0.3) is 0 Å². The molecule has 0 atom stereocenters. The second-order valence-electron chi connectivity index (χ2n) is 3.82. The maximum atomic E-state index is 11.1. The molecule has 0 heterocycles. The molecule has 0 amide bonds. The molecule has 0 unspecified atom stereocenters. The molecule has 5 heteroatoms. The van der Waals surface area contributed by atoms with Crippen LogP contribution in [0.1, 0.15) is 12.0 Å². The molecule has 4 nitrogen and oxygen atoms in total. The average Bonchev–Trinajstić information content (AvgIpc) is 2.36. The summed E-state index contributed by atoms with van der Waals surface area (Å²) >= 11 is 6.08. The highest BCUT2D eigenvalue weighted by atomic mass is 35.5. The van der Waals surface area contributed by atoms with Crippen molar-refractivity contribution in [1.82, 2.24) is 5.32 Å². The summed E-state index contributed by atoms with van der Waals surface area (Å²) in [6.07, 6.45) is 1.13. The van der Waals surface area contributed by atoms with Crippen molar-refractivity contribution in [1.29, 1.82) is 0 Å². The summed E-state index contributed by atoms with van der Waals surface area (Å²) in [4.78, 5) is 11.1. The number of carbonyl (C=O) groups is 1. The highest BCUT2D eigenvalue weighted by molar-refractivity contribution is 6.32. The Labute approximate surface area is 112 Å². The van der Waals surface area contributed by atoms with E-state index >= 15 is 0 Å². The zero-order valence-corrected chi connectivity index (χ0v) is 11.4. The SMILES string of the molecule is CNCCCOc1ccc(CC(=O)OC)cc1Cl. The van der Waals surface area contributed by atoms with Crippen LogP contribution in [-0.2, 0) is 16.0 Å². The van der Waals surface area contributed by atoms with Crippen molar-refractivity contribution >= 4 is 17.6 Å². The third-order valence-corrected chi connectivity index (χ3v) is 2.70. The molecule has 0 saturated carbocycles. The van der Waals surface area contributed by atoms with E-state index in [1.807, 2.05) is 13.1 Å². The van der Waals surface area contributed by atoms with Crippen molar-refractivity contribution < 1.29 is 14.3 Å². The Hall–Kier alpha value is -1.26. The normalized spacial score (nSPS) is 10.2. The summed E-state index contributed by atoms with van der Waals surface area (Å²) < 4.78 is 10.1. The van der Waals surface area contributed by atoms with Crippen molar-refractivity contribution in [3.05, 3.63) is 28.8 Å². The molecule has 0 fully saturated rings. The fraction of sp³-hybridized carbons (Fsp3) is 0.462. The minimum absolute atomic E-state index is 0.219. The van der Waals surface area contributed by atoms with Crippen LogP contribution in [-0.4, -0.2) is 33.3 Å². The van der Waals surface area contributed by atoms with Crippen LogP contribution in [0.5, 0.6) is 5.75 Å². The van der Waals surface area contributed by atoms with E-state index in [2.05, 4.69) is 10.1 Å². The summed E-state index contributed by atoms with van der Waals surface area (Å²) in [5, 5.41) is 3.56. The number of ether oxygens (including phenoxy) is 2. The third kappa shape index (κ3) is 4.94. The largest absolute Gasteiger partial charge is 0.492 e. The average molecular weight is 272 g/mol. The molecule has 100 valence electrons. The first-order valence-corrected chi connectivity index (χ1v) is 6.17. The van der Waals surface area contributed by atoms with Crippen molar-refractivity contribution in [2.45, 2.75) is 12.8 Å². The van der Waals surface area contributed by atoms with Gasteiger partial charge in [0.15, 0.2) is 0 Å². The van der Waals surface area contributed by atoms with E-state index in [1.54, 1.807) is 12.1 Å². The lowest BCUT2D eigenvalue weighted by Gasteiger charge is -2.09. The van der Waals surface area contributed by atoms with Gasteiger partial charge in [-0.2, -0.15) is 0 Å². The fourth-order valence-electron chi connectivity index (χ4n) is 1.44. The number of esters is 1. The monoisotopic (exact) mass is 271 g/mol. The first kappa shape index (κ1) is 14.8. The highest BCUT2D eigenvalue weighted by Gasteiger charge is 2.07. The maximum absolute atomic E-state index is 11.1. The van der Waals surface area contributed by atoms with Gasteiger partial charge in [-0.3, -0.25) is 4.79 Å². The molecule has 1 N–H and O–H groups in total. The van der Waals surface area contributed by atoms with E-state index in [-0.39, 0.29) is 12.4 Å². The Morgan fingerprint density at radius 3 is 2.83 bits per heavy atom. The molecule has 0 aliphatic rings. The summed E-state index contributed by atoms with van der Waals surface area (Å²) in [6, 6.07) is 5.32. The van der Waals surface area contributed by atoms with Crippen LogP contribution in [0.3, 0.4) is 0 Å². The van der Waals surface area contributed by atoms with Crippen LogP contribution >= 0.6 is 11.6 Å². The molecule has 1 aromatic carbocycles. The molecule has 0 aromatic heterocycles. The Morgan fingerprint density at radius 2 is 2.22 bits per heavy atom. The van der Waals surface area contributed by atoms with Crippen LogP contribution in [0.25, 0.3) is 0 Å². The van der Waals surface area contributed by atoms with Crippen LogP contribution in [0, 0.1) is 0 Å². The minimum atomic E-state index is -0.284. The summed E-state index contributed by atoms with van der Waals surface area (Å²) in [7, 11) is 3.26. The smallest absolute Gasteiger partial charge is 0.309 e. The molecule has 1 rings (SSSR count). The third-order valence-electron chi connectivity index (χ3n) is 2.40. The predicted octanol–water partition coefficient (Wildman–Crippen LogP) is 2.04. The molecule has 0 saturated heterocycles. The second-order valence-corrected chi connectivity index (χ2v) is 4.23. The van der Waals surface area contributed by atoms with Crippen molar-refractivity contribution in [3.63, 3.8) is 0 Å². The van der Waals surface area contributed by atoms with Crippen molar-refractivity contribution in [2.75, 3.05) is 27.3 Å². The first-order chi connectivity index (χ1) is 8.67. The number of carbonyl (C=O) groups excluding carboxylic acids is 1. The van der Waals surface area contributed by atoms with Crippen molar-refractivity contribution in [2.24, 2.45) is 0 Å². The molecule has 18 heavy (non-hydrogen) atoms. The van der Waals surface area contributed by atoms with Crippen molar-refractivity contribution in [3.8, 4) is 5.75 Å². The topological polar surface area (TPSA) is 47.6 Å². The number of hydrogen-bond acceptors (Lipinski definition) is 4. The number of benzene rings is 1. The first-order valence-electron chi connectivity index (χ1n) is 5.80. The van der Waals surface area contributed by atoms with Crippen LogP contribution < -0.4 is 10.1 Å². The summed E-state index contributed by atoms with van der Waals surface area (Å²) in [5.74, 6) is 0.357. The van der Waals surface area contributed by atoms with Gasteiger partial charge in [-0.15, -0.1) is 0 Å². The lowest BCUT2D eigenvalue weighted by atomic mass is 10.1. The van der Waals surface area contributed by atoms with Crippen LogP contribution in [0.2, 0.25) is 5.02 Å². The van der Waals surface area contributed by atoms with Gasteiger partial charge in [0.1, 0.15) is 5.75 Å². The van der Waals surface area contributed by atoms with Gasteiger partial charge in [-0.1, -0.05) is 17.7 Å². The molecule has 0 bridgehead atoms. The zero-order valence-electron chi connectivity index (χ0n) is 10.7. The zero-order chi connectivity index (χ0) is 13.4. The van der Waals surface area contributed by atoms with Gasteiger partial charge in [0.2, 0.25) is 0 Å². The molecule has 0 spiro atoms. The summed E-state index contributed by atoms with van der Waals surface area (Å²) in [5.41, 5.74) is 0.814. The Balaban J connectivity index is 2.54. The number of methoxy groups -OCH3 is 1. The number of rotatable bonds is 7. The predicted molar refractivity (Wildman–Crippen MR) is 71.2 cm³/mol. The van der Waals surface area contributed by atoms with Gasteiger partial charge in [-0.05, 0) is 37.7 Å². The van der Waals surface area contributed by atoms with E-state index in [1.165, 1.54) is 7.11 Å². The quantitative estimate of drug-likeness (QED) is 0.609. The lowest BCUT2D eigenvalue weighted by molar-refractivity contribution is -0.139. The molecule has 0 radical (unpaired) electrons. The molecular formula is C13H18ClNO3. The van der Waals surface area contributed by atoms with Gasteiger partial charge >= 0.3 is 5.97 Å². The van der Waals surface area contributed by atoms with Gasteiger partial charge in [0, 0.05) is 0 Å². The van der Waals surface area contributed by atoms with Crippen LogP contribution in [0.15, 0.2) is 18.2 Å². The Kier molecular flexibility index (Phi) is 6.54. The molecular weight excluding hydrogens is 254 g/mol. The van der Waals surface area contributed by atoms with Gasteiger partial charge in [-0.25, -0.2) is 0 Å². The molecule has 0 aliphatic heterocycles. The highest BCUT2D eigenvalue weighted by Crippen LogP contribution is 2.25. The van der Waals surface area contributed by atoms with Gasteiger partial charge < -0.3 is 14.8 Å². The standard InChI is InChI=1S/C13H18ClNO3/c1-15-6-3-7-18-12-5-4-10(8-11(12)14)9-13(16)17-2/h4-5,8,15H,3,6-7,9H2,1-2H3. The molecule has 1 aromatic rings. The lowest BCUT2D eigenvalue weighted by Crippen LogP contribution is -2.11. The van der Waals surface area contributed by atoms with Gasteiger partial charge in [0.05, 0.1) is 25.2 Å². The van der Waals surface area contributed by atoms with E-state index in [9.17, 15) is 4.79 Å². The maximum Gasteiger partial charge on any atom is 0.309 e. The second kappa shape index (κ2) is 7.95. The molecule has 0 aliphatic carbocycles. The van der Waals surface area contributed by atoms with E-state index in [0.29, 0.717) is 17.4 Å². The number of hydrogen-bond donors (Lipinski definition) is 1. The van der Waals surface area contributed by atoms with E-state index in [0.717, 1.165) is 18.5 Å². The Morgan fingerprint density at radius 1 is 1.44 bits per heavy atom.